The van der Waals surface area contributed by atoms with Gasteiger partial charge in [-0.25, -0.2) is 4.79 Å². The molecule has 0 aliphatic carbocycles. The second-order valence-corrected chi connectivity index (χ2v) is 5.04. The van der Waals surface area contributed by atoms with Gasteiger partial charge in [-0.15, -0.1) is 0 Å². The van der Waals surface area contributed by atoms with Gasteiger partial charge in [-0.3, -0.25) is 0 Å². The number of carbonyl (C=O) groups is 1. The third-order valence-electron chi connectivity index (χ3n) is 3.40. The number of para-hydroxylation sites is 1. The number of rotatable bonds is 4. The average Bonchev–Trinajstić information content (AvgIpc) is 2.55. The Bertz CT molecular complexity index is 808. The van der Waals surface area contributed by atoms with Crippen molar-refractivity contribution in [2.45, 2.75) is 6.92 Å². The van der Waals surface area contributed by atoms with Gasteiger partial charge < -0.3 is 9.47 Å². The van der Waals surface area contributed by atoms with Gasteiger partial charge in [-0.05, 0) is 41.5 Å². The first-order valence-electron chi connectivity index (χ1n) is 7.10. The normalized spacial score (nSPS) is 10.4. The van der Waals surface area contributed by atoms with Crippen LogP contribution in [0.25, 0.3) is 10.8 Å². The number of benzene rings is 3. The fourth-order valence-corrected chi connectivity index (χ4v) is 2.22. The SMILES string of the molecule is Cc1ccccc1OC(=O)COc1ccc2ccccc2c1. The molecule has 0 aromatic heterocycles. The largest absolute Gasteiger partial charge is 0.482 e. The first-order chi connectivity index (χ1) is 10.7. The molecule has 0 atom stereocenters. The number of fused-ring (bicyclic) bond motifs is 1. The topological polar surface area (TPSA) is 35.5 Å². The highest BCUT2D eigenvalue weighted by Crippen LogP contribution is 2.21. The summed E-state index contributed by atoms with van der Waals surface area (Å²) in [6.45, 7) is 1.78. The van der Waals surface area contributed by atoms with Crippen LogP contribution in [0.1, 0.15) is 5.56 Å². The summed E-state index contributed by atoms with van der Waals surface area (Å²) in [5.41, 5.74) is 0.918. The van der Waals surface area contributed by atoms with Crippen LogP contribution in [-0.2, 0) is 4.79 Å². The lowest BCUT2D eigenvalue weighted by atomic mass is 10.1. The molecule has 3 aromatic rings. The van der Waals surface area contributed by atoms with E-state index in [2.05, 4.69) is 0 Å². The van der Waals surface area contributed by atoms with Crippen LogP contribution < -0.4 is 9.47 Å². The molecule has 110 valence electrons. The van der Waals surface area contributed by atoms with E-state index in [-0.39, 0.29) is 6.61 Å². The van der Waals surface area contributed by atoms with E-state index in [1.807, 2.05) is 67.6 Å². The molecule has 3 rings (SSSR count). The molecule has 0 heterocycles. The second kappa shape index (κ2) is 6.31. The average molecular weight is 292 g/mol. The molecule has 0 saturated carbocycles. The minimum Gasteiger partial charge on any atom is -0.482 e. The standard InChI is InChI=1S/C19H16O3/c1-14-6-2-5-9-18(14)22-19(20)13-21-17-11-10-15-7-3-4-8-16(15)12-17/h2-12H,13H2,1H3. The van der Waals surface area contributed by atoms with Crippen molar-refractivity contribution in [1.82, 2.24) is 0 Å². The van der Waals surface area contributed by atoms with Crippen molar-refractivity contribution in [2.24, 2.45) is 0 Å². The first kappa shape index (κ1) is 14.1. The molecule has 3 aromatic carbocycles. The van der Waals surface area contributed by atoms with Crippen LogP contribution in [0.4, 0.5) is 0 Å². The molecular weight excluding hydrogens is 276 g/mol. The summed E-state index contributed by atoms with van der Waals surface area (Å²) in [5, 5.41) is 2.21. The van der Waals surface area contributed by atoms with Crippen molar-refractivity contribution in [3.05, 3.63) is 72.3 Å². The summed E-state index contributed by atoms with van der Waals surface area (Å²) in [5.74, 6) is 0.803. The van der Waals surface area contributed by atoms with E-state index in [9.17, 15) is 4.79 Å². The lowest BCUT2D eigenvalue weighted by Gasteiger charge is -2.09. The highest BCUT2D eigenvalue weighted by atomic mass is 16.6. The number of hydrogen-bond acceptors (Lipinski definition) is 3. The summed E-state index contributed by atoms with van der Waals surface area (Å²) < 4.78 is 10.8. The minimum absolute atomic E-state index is 0.118. The monoisotopic (exact) mass is 292 g/mol. The lowest BCUT2D eigenvalue weighted by Crippen LogP contribution is -2.18. The number of ether oxygens (including phenoxy) is 2. The van der Waals surface area contributed by atoms with E-state index in [0.29, 0.717) is 11.5 Å². The van der Waals surface area contributed by atoms with Crippen LogP contribution in [0.2, 0.25) is 0 Å². The minimum atomic E-state index is -0.414. The third kappa shape index (κ3) is 3.26. The maximum atomic E-state index is 11.9. The molecule has 0 aliphatic rings. The summed E-state index contributed by atoms with van der Waals surface area (Å²) in [4.78, 5) is 11.9. The third-order valence-corrected chi connectivity index (χ3v) is 3.40. The fraction of sp³-hybridized carbons (Fsp3) is 0.105. The lowest BCUT2D eigenvalue weighted by molar-refractivity contribution is -0.136. The molecule has 0 fully saturated rings. The molecule has 0 spiro atoms. The van der Waals surface area contributed by atoms with Gasteiger partial charge in [-0.2, -0.15) is 0 Å². The number of carbonyl (C=O) groups excluding carboxylic acids is 1. The predicted octanol–water partition coefficient (Wildman–Crippen LogP) is 4.13. The second-order valence-electron chi connectivity index (χ2n) is 5.04. The Labute approximate surface area is 129 Å². The highest BCUT2D eigenvalue weighted by Gasteiger charge is 2.08. The fourth-order valence-electron chi connectivity index (χ4n) is 2.22. The van der Waals surface area contributed by atoms with Crippen LogP contribution in [0, 0.1) is 6.92 Å². The maximum absolute atomic E-state index is 11.9. The maximum Gasteiger partial charge on any atom is 0.349 e. The molecule has 3 nitrogen and oxygen atoms in total. The van der Waals surface area contributed by atoms with Gasteiger partial charge in [0.2, 0.25) is 0 Å². The van der Waals surface area contributed by atoms with Crippen molar-refractivity contribution in [3.8, 4) is 11.5 Å². The molecule has 3 heteroatoms. The van der Waals surface area contributed by atoms with Crippen molar-refractivity contribution in [3.63, 3.8) is 0 Å². The van der Waals surface area contributed by atoms with E-state index < -0.39 is 5.97 Å². The van der Waals surface area contributed by atoms with Gasteiger partial charge in [0.1, 0.15) is 11.5 Å². The summed E-state index contributed by atoms with van der Waals surface area (Å²) in [7, 11) is 0. The first-order valence-corrected chi connectivity index (χ1v) is 7.10. The molecule has 0 aliphatic heterocycles. The Balaban J connectivity index is 1.63. The van der Waals surface area contributed by atoms with Gasteiger partial charge in [0.15, 0.2) is 6.61 Å². The molecule has 0 N–H and O–H groups in total. The van der Waals surface area contributed by atoms with Crippen LogP contribution in [0.5, 0.6) is 11.5 Å². The van der Waals surface area contributed by atoms with Gasteiger partial charge >= 0.3 is 5.97 Å². The van der Waals surface area contributed by atoms with Crippen molar-refractivity contribution in [2.75, 3.05) is 6.61 Å². The summed E-state index contributed by atoms with van der Waals surface area (Å²) in [6, 6.07) is 21.1. The quantitative estimate of drug-likeness (QED) is 0.535. The van der Waals surface area contributed by atoms with Crippen molar-refractivity contribution >= 4 is 16.7 Å². The van der Waals surface area contributed by atoms with Crippen molar-refractivity contribution in [1.29, 1.82) is 0 Å². The zero-order valence-corrected chi connectivity index (χ0v) is 12.3. The molecule has 0 saturated heterocycles. The predicted molar refractivity (Wildman–Crippen MR) is 86.3 cm³/mol. The zero-order valence-electron chi connectivity index (χ0n) is 12.3. The molecule has 22 heavy (non-hydrogen) atoms. The Morgan fingerprint density at radius 2 is 1.64 bits per heavy atom. The molecule has 0 amide bonds. The summed E-state index contributed by atoms with van der Waals surface area (Å²) >= 11 is 0. The number of esters is 1. The Hall–Kier alpha value is -2.81. The van der Waals surface area contributed by atoms with Crippen LogP contribution >= 0.6 is 0 Å². The molecule has 0 unspecified atom stereocenters. The van der Waals surface area contributed by atoms with Gasteiger partial charge in [0.25, 0.3) is 0 Å². The highest BCUT2D eigenvalue weighted by molar-refractivity contribution is 5.83. The van der Waals surface area contributed by atoms with Crippen molar-refractivity contribution < 1.29 is 14.3 Å². The van der Waals surface area contributed by atoms with Crippen LogP contribution in [0.15, 0.2) is 66.7 Å². The Kier molecular flexibility index (Phi) is 4.05. The zero-order chi connectivity index (χ0) is 15.4. The Morgan fingerprint density at radius 1 is 0.909 bits per heavy atom. The van der Waals surface area contributed by atoms with E-state index in [1.54, 1.807) is 6.07 Å². The van der Waals surface area contributed by atoms with Gasteiger partial charge in [0.05, 0.1) is 0 Å². The van der Waals surface area contributed by atoms with Crippen LogP contribution in [0.3, 0.4) is 0 Å². The van der Waals surface area contributed by atoms with Crippen LogP contribution in [-0.4, -0.2) is 12.6 Å². The summed E-state index contributed by atoms with van der Waals surface area (Å²) in [6.07, 6.45) is 0. The smallest absolute Gasteiger partial charge is 0.349 e. The molecule has 0 bridgehead atoms. The molecule has 0 radical (unpaired) electrons. The van der Waals surface area contributed by atoms with E-state index in [1.165, 1.54) is 0 Å². The van der Waals surface area contributed by atoms with E-state index in [4.69, 9.17) is 9.47 Å². The Morgan fingerprint density at radius 3 is 2.45 bits per heavy atom. The van der Waals surface area contributed by atoms with E-state index >= 15 is 0 Å². The van der Waals surface area contributed by atoms with Gasteiger partial charge in [0, 0.05) is 0 Å². The number of aryl methyl sites for hydroxylation is 1. The number of hydrogen-bond donors (Lipinski definition) is 0. The van der Waals surface area contributed by atoms with E-state index in [0.717, 1.165) is 16.3 Å². The van der Waals surface area contributed by atoms with Gasteiger partial charge in [-0.1, -0.05) is 48.5 Å². The molecular formula is C19H16O3.